The van der Waals surface area contributed by atoms with E-state index < -0.39 is 0 Å². The summed E-state index contributed by atoms with van der Waals surface area (Å²) in [6, 6.07) is 5.71. The molecule has 0 bridgehead atoms. The lowest BCUT2D eigenvalue weighted by molar-refractivity contribution is 0.831. The van der Waals surface area contributed by atoms with Gasteiger partial charge in [0.15, 0.2) is 0 Å². The molecule has 0 saturated carbocycles. The van der Waals surface area contributed by atoms with Crippen molar-refractivity contribution >= 4 is 53.4 Å². The van der Waals surface area contributed by atoms with Crippen LogP contribution in [-0.2, 0) is 0 Å². The fraction of sp³-hybridized carbons (Fsp3) is 0.385. The largest absolute Gasteiger partial charge is 0.369 e. The van der Waals surface area contributed by atoms with Crippen molar-refractivity contribution in [1.82, 2.24) is 0 Å². The van der Waals surface area contributed by atoms with Crippen LogP contribution >= 0.6 is 35.8 Å². The molecule has 8 heteroatoms. The lowest BCUT2D eigenvalue weighted by Crippen LogP contribution is -2.26. The highest BCUT2D eigenvalue weighted by atomic mass is 35.5. The number of benzene rings is 1. The van der Waals surface area contributed by atoms with Crippen molar-refractivity contribution in [2.24, 2.45) is 21.5 Å². The number of nitrogens with one attached hydrogen (secondary N) is 1. The normalized spacial score (nSPS) is 12.2. The maximum Gasteiger partial charge on any atom is 0.218 e. The zero-order valence-corrected chi connectivity index (χ0v) is 14.6. The van der Waals surface area contributed by atoms with Gasteiger partial charge in [-0.05, 0) is 37.8 Å². The molecule has 0 atom stereocenters. The Hall–Kier alpha value is -1.11. The van der Waals surface area contributed by atoms with Gasteiger partial charge in [0.1, 0.15) is 0 Å². The van der Waals surface area contributed by atoms with Gasteiger partial charge >= 0.3 is 0 Å². The van der Waals surface area contributed by atoms with Crippen LogP contribution in [0, 0.1) is 0 Å². The Bertz CT molecular complexity index is 517. The molecule has 118 valence electrons. The zero-order valence-electron chi connectivity index (χ0n) is 12.3. The summed E-state index contributed by atoms with van der Waals surface area (Å²) in [6.07, 6.45) is 0. The van der Waals surface area contributed by atoms with Crippen molar-refractivity contribution in [3.63, 3.8) is 0 Å². The van der Waals surface area contributed by atoms with E-state index in [2.05, 4.69) is 22.2 Å². The fourth-order valence-electron chi connectivity index (χ4n) is 1.44. The zero-order chi connectivity index (χ0) is 15.1. The van der Waals surface area contributed by atoms with Gasteiger partial charge in [-0.2, -0.15) is 4.99 Å². The first-order valence-corrected chi connectivity index (χ1v) is 7.65. The van der Waals surface area contributed by atoms with Crippen molar-refractivity contribution in [2.45, 2.75) is 31.7 Å². The Balaban J connectivity index is 0.00000400. The van der Waals surface area contributed by atoms with Crippen molar-refractivity contribution in [3.05, 3.63) is 23.2 Å². The van der Waals surface area contributed by atoms with Crippen LogP contribution in [0.1, 0.15) is 20.8 Å². The number of hydrogen-bond donors (Lipinski definition) is 3. The molecule has 0 aliphatic rings. The monoisotopic (exact) mass is 349 g/mol. The predicted octanol–water partition coefficient (Wildman–Crippen LogP) is 3.32. The minimum atomic E-state index is 0. The van der Waals surface area contributed by atoms with Crippen LogP contribution in [0.2, 0.25) is 5.02 Å². The van der Waals surface area contributed by atoms with Crippen LogP contribution in [0.25, 0.3) is 0 Å². The topological polar surface area (TPSA) is 88.8 Å². The summed E-state index contributed by atoms with van der Waals surface area (Å²) in [7, 11) is 0. The smallest absolute Gasteiger partial charge is 0.218 e. The van der Waals surface area contributed by atoms with Crippen LogP contribution in [0.15, 0.2) is 33.1 Å². The maximum atomic E-state index is 6.18. The van der Waals surface area contributed by atoms with Gasteiger partial charge in [-0.1, -0.05) is 18.5 Å². The van der Waals surface area contributed by atoms with E-state index in [1.54, 1.807) is 17.8 Å². The summed E-state index contributed by atoms with van der Waals surface area (Å²) in [4.78, 5) is 9.07. The summed E-state index contributed by atoms with van der Waals surface area (Å²) in [5.74, 6) is 1.30. The number of rotatable bonds is 4. The van der Waals surface area contributed by atoms with Crippen LogP contribution in [0.3, 0.4) is 0 Å². The minimum Gasteiger partial charge on any atom is -0.369 e. The highest BCUT2D eigenvalue weighted by Crippen LogP contribution is 2.29. The molecule has 5 nitrogen and oxygen atoms in total. The Labute approximate surface area is 141 Å². The van der Waals surface area contributed by atoms with E-state index in [4.69, 9.17) is 23.1 Å². The first kappa shape index (κ1) is 19.9. The fourth-order valence-corrected chi connectivity index (χ4v) is 2.46. The molecule has 0 spiro atoms. The number of nitrogens with zero attached hydrogens (tertiary/aromatic N) is 2. The SMILES string of the molecule is CCSc1ccc(N/C(N)=N/C(N)=NC(C)C)cc1Cl.Cl. The Morgan fingerprint density at radius 3 is 2.57 bits per heavy atom. The average Bonchev–Trinajstić information content (AvgIpc) is 2.31. The summed E-state index contributed by atoms with van der Waals surface area (Å²) in [6.45, 7) is 5.90. The third-order valence-corrected chi connectivity index (χ3v) is 3.51. The van der Waals surface area contributed by atoms with Gasteiger partial charge in [0, 0.05) is 16.6 Å². The van der Waals surface area contributed by atoms with E-state index in [0.29, 0.717) is 5.02 Å². The van der Waals surface area contributed by atoms with Crippen molar-refractivity contribution in [3.8, 4) is 0 Å². The van der Waals surface area contributed by atoms with Crippen LogP contribution in [0.5, 0.6) is 0 Å². The van der Waals surface area contributed by atoms with Gasteiger partial charge in [-0.15, -0.1) is 24.2 Å². The first-order valence-electron chi connectivity index (χ1n) is 6.29. The Morgan fingerprint density at radius 2 is 2.05 bits per heavy atom. The standard InChI is InChI=1S/C13H20ClN5S.ClH/c1-4-20-11-6-5-9(7-10(11)14)18-13(16)19-12(15)17-8(2)3;/h5-8H,4H2,1-3H3,(H5,15,16,17,18,19);1H. The molecule has 21 heavy (non-hydrogen) atoms. The van der Waals surface area contributed by atoms with Gasteiger partial charge < -0.3 is 16.8 Å². The second-order valence-corrected chi connectivity index (χ2v) is 5.99. The molecular formula is C13H21Cl2N5S. The average molecular weight is 350 g/mol. The molecule has 1 aromatic rings. The summed E-state index contributed by atoms with van der Waals surface area (Å²) in [5.41, 5.74) is 12.2. The Kier molecular flexibility index (Phi) is 9.24. The van der Waals surface area contributed by atoms with Gasteiger partial charge in [0.05, 0.1) is 5.02 Å². The lowest BCUT2D eigenvalue weighted by atomic mass is 10.3. The summed E-state index contributed by atoms with van der Waals surface area (Å²) >= 11 is 7.86. The second kappa shape index (κ2) is 9.76. The van der Waals surface area contributed by atoms with E-state index in [9.17, 15) is 0 Å². The number of nitrogens with two attached hydrogens (primary N) is 2. The second-order valence-electron chi connectivity index (χ2n) is 4.28. The highest BCUT2D eigenvalue weighted by molar-refractivity contribution is 7.99. The van der Waals surface area contributed by atoms with E-state index in [-0.39, 0.29) is 30.4 Å². The van der Waals surface area contributed by atoms with Gasteiger partial charge in [-0.3, -0.25) is 0 Å². The van der Waals surface area contributed by atoms with Gasteiger partial charge in [0.2, 0.25) is 11.9 Å². The van der Waals surface area contributed by atoms with E-state index in [0.717, 1.165) is 16.3 Å². The summed E-state index contributed by atoms with van der Waals surface area (Å²) in [5, 5.41) is 3.61. The number of thioether (sulfide) groups is 1. The molecule has 0 aliphatic carbocycles. The molecule has 1 rings (SSSR count). The van der Waals surface area contributed by atoms with Crippen molar-refractivity contribution in [1.29, 1.82) is 0 Å². The number of aliphatic imine (C=N–C) groups is 2. The molecule has 0 saturated heterocycles. The van der Waals surface area contributed by atoms with E-state index in [1.807, 2.05) is 26.0 Å². The quantitative estimate of drug-likeness (QED) is 0.441. The van der Waals surface area contributed by atoms with Crippen LogP contribution < -0.4 is 16.8 Å². The number of hydrogen-bond acceptors (Lipinski definition) is 2. The number of guanidine groups is 2. The minimum absolute atomic E-state index is 0. The van der Waals surface area contributed by atoms with Crippen LogP contribution in [-0.4, -0.2) is 23.7 Å². The third-order valence-electron chi connectivity index (χ3n) is 2.13. The number of halogens is 2. The molecular weight excluding hydrogens is 329 g/mol. The third kappa shape index (κ3) is 7.45. The molecule has 0 aliphatic heterocycles. The van der Waals surface area contributed by atoms with Gasteiger partial charge in [0.25, 0.3) is 0 Å². The summed E-state index contributed by atoms with van der Waals surface area (Å²) < 4.78 is 0. The number of anilines is 1. The van der Waals surface area contributed by atoms with Crippen molar-refractivity contribution < 1.29 is 0 Å². The molecule has 0 radical (unpaired) electrons. The molecule has 0 amide bonds. The highest BCUT2D eigenvalue weighted by Gasteiger charge is 2.03. The molecule has 0 unspecified atom stereocenters. The molecule has 5 N–H and O–H groups in total. The first-order chi connectivity index (χ1) is 9.42. The predicted molar refractivity (Wildman–Crippen MR) is 97.1 cm³/mol. The lowest BCUT2D eigenvalue weighted by Gasteiger charge is -2.08. The molecule has 0 heterocycles. The molecule has 1 aromatic carbocycles. The Morgan fingerprint density at radius 1 is 1.38 bits per heavy atom. The van der Waals surface area contributed by atoms with Crippen molar-refractivity contribution in [2.75, 3.05) is 11.1 Å². The van der Waals surface area contributed by atoms with Gasteiger partial charge in [-0.25, -0.2) is 4.99 Å². The molecule has 0 fully saturated rings. The maximum absolute atomic E-state index is 6.18. The van der Waals surface area contributed by atoms with Crippen LogP contribution in [0.4, 0.5) is 5.69 Å². The van der Waals surface area contributed by atoms with E-state index >= 15 is 0 Å². The molecule has 0 aromatic heterocycles. The van der Waals surface area contributed by atoms with E-state index in [1.165, 1.54) is 0 Å².